The summed E-state index contributed by atoms with van der Waals surface area (Å²) in [6.07, 6.45) is -1.11. The van der Waals surface area contributed by atoms with Crippen molar-refractivity contribution >= 4 is 5.97 Å². The van der Waals surface area contributed by atoms with E-state index in [9.17, 15) is 9.59 Å². The molecule has 0 aliphatic carbocycles. The molecule has 2 aromatic rings. The van der Waals surface area contributed by atoms with Crippen LogP contribution in [0.5, 0.6) is 28.7 Å². The van der Waals surface area contributed by atoms with Gasteiger partial charge in [-0.25, -0.2) is 9.59 Å². The summed E-state index contributed by atoms with van der Waals surface area (Å²) in [4.78, 5) is 25.1. The highest BCUT2D eigenvalue weighted by molar-refractivity contribution is 5.80. The minimum atomic E-state index is -1.11. The van der Waals surface area contributed by atoms with E-state index in [2.05, 4.69) is 0 Å². The Morgan fingerprint density at radius 1 is 1.11 bits per heavy atom. The molecule has 0 radical (unpaired) electrons. The van der Waals surface area contributed by atoms with E-state index in [1.807, 2.05) is 0 Å². The fourth-order valence-electron chi connectivity index (χ4n) is 3.57. The van der Waals surface area contributed by atoms with Crippen molar-refractivity contribution in [1.82, 2.24) is 0 Å². The molecule has 2 atom stereocenters. The Balaban J connectivity index is 1.99. The number of esters is 1. The average molecular weight is 390 g/mol. The number of hydrogen-bond donors (Lipinski definition) is 0. The van der Waals surface area contributed by atoms with E-state index < -0.39 is 23.6 Å². The van der Waals surface area contributed by atoms with Gasteiger partial charge in [-0.15, -0.1) is 0 Å². The smallest absolute Gasteiger partial charge is 0.348 e. The number of aryl methyl sites for hydroxylation is 1. The zero-order valence-corrected chi connectivity index (χ0v) is 15.7. The van der Waals surface area contributed by atoms with E-state index in [1.54, 1.807) is 19.1 Å². The van der Waals surface area contributed by atoms with E-state index in [-0.39, 0.29) is 18.1 Å². The van der Waals surface area contributed by atoms with Gasteiger partial charge in [0.1, 0.15) is 11.5 Å². The first kappa shape index (κ1) is 18.0. The molecule has 0 spiro atoms. The van der Waals surface area contributed by atoms with Crippen LogP contribution in [0.1, 0.15) is 22.8 Å². The molecular formula is C19H18O9. The Morgan fingerprint density at radius 2 is 1.86 bits per heavy atom. The van der Waals surface area contributed by atoms with Crippen LogP contribution < -0.4 is 29.3 Å². The van der Waals surface area contributed by atoms with Crippen molar-refractivity contribution in [3.05, 3.63) is 39.4 Å². The fourth-order valence-corrected chi connectivity index (χ4v) is 3.57. The second-order valence-electron chi connectivity index (χ2n) is 6.23. The van der Waals surface area contributed by atoms with Crippen molar-refractivity contribution < 1.29 is 37.6 Å². The zero-order chi connectivity index (χ0) is 20.0. The van der Waals surface area contributed by atoms with Crippen LogP contribution in [0.2, 0.25) is 0 Å². The molecular weight excluding hydrogens is 372 g/mol. The van der Waals surface area contributed by atoms with Crippen molar-refractivity contribution in [2.24, 2.45) is 0 Å². The van der Waals surface area contributed by atoms with Gasteiger partial charge in [0.25, 0.3) is 0 Å². The number of carbonyl (C=O) groups is 1. The first-order valence-corrected chi connectivity index (χ1v) is 8.43. The lowest BCUT2D eigenvalue weighted by Gasteiger charge is -2.21. The van der Waals surface area contributed by atoms with Gasteiger partial charge in [-0.05, 0) is 13.0 Å². The molecule has 1 aromatic heterocycles. The third kappa shape index (κ3) is 2.54. The normalized spacial score (nSPS) is 19.0. The highest BCUT2D eigenvalue weighted by Gasteiger charge is 2.46. The molecule has 0 fully saturated rings. The van der Waals surface area contributed by atoms with Gasteiger partial charge in [-0.2, -0.15) is 0 Å². The summed E-state index contributed by atoms with van der Waals surface area (Å²) in [5.41, 5.74) is 0.0409. The molecule has 2 aliphatic rings. The van der Waals surface area contributed by atoms with E-state index in [4.69, 9.17) is 32.8 Å². The number of fused-ring (bicyclic) bond motifs is 2. The molecule has 9 heteroatoms. The highest BCUT2D eigenvalue weighted by Crippen LogP contribution is 2.54. The van der Waals surface area contributed by atoms with E-state index in [0.717, 1.165) is 0 Å². The third-order valence-corrected chi connectivity index (χ3v) is 4.73. The topological polar surface area (TPSA) is 103 Å². The highest BCUT2D eigenvalue weighted by atomic mass is 16.7. The van der Waals surface area contributed by atoms with Crippen LogP contribution in [0, 0.1) is 6.92 Å². The van der Waals surface area contributed by atoms with E-state index >= 15 is 0 Å². The molecule has 3 heterocycles. The molecule has 2 aliphatic heterocycles. The molecule has 4 rings (SSSR count). The predicted molar refractivity (Wildman–Crippen MR) is 93.7 cm³/mol. The Morgan fingerprint density at radius 3 is 2.54 bits per heavy atom. The maximum absolute atomic E-state index is 12.6. The number of ether oxygens (including phenoxy) is 6. The largest absolute Gasteiger partial charge is 0.493 e. The fraction of sp³-hybridized carbons (Fsp3) is 0.368. The van der Waals surface area contributed by atoms with Crippen LogP contribution in [0.4, 0.5) is 0 Å². The second-order valence-corrected chi connectivity index (χ2v) is 6.23. The van der Waals surface area contributed by atoms with Crippen LogP contribution in [0.15, 0.2) is 21.3 Å². The Kier molecular flexibility index (Phi) is 4.29. The molecule has 1 aromatic carbocycles. The van der Waals surface area contributed by atoms with Gasteiger partial charge in [0.05, 0.1) is 32.8 Å². The molecule has 28 heavy (non-hydrogen) atoms. The molecule has 0 saturated carbocycles. The molecule has 0 unspecified atom stereocenters. The second kappa shape index (κ2) is 6.66. The lowest BCUT2D eigenvalue weighted by molar-refractivity contribution is -0.148. The Hall–Kier alpha value is -3.36. The van der Waals surface area contributed by atoms with Gasteiger partial charge in [-0.3, -0.25) is 0 Å². The average Bonchev–Trinajstić information content (AvgIpc) is 3.30. The maximum atomic E-state index is 12.6. The van der Waals surface area contributed by atoms with Gasteiger partial charge in [0.2, 0.25) is 24.4 Å². The molecule has 0 bridgehead atoms. The number of hydrogen-bond acceptors (Lipinski definition) is 9. The first-order chi connectivity index (χ1) is 13.5. The summed E-state index contributed by atoms with van der Waals surface area (Å²) in [5, 5.41) is 0. The van der Waals surface area contributed by atoms with E-state index in [1.165, 1.54) is 21.3 Å². The van der Waals surface area contributed by atoms with Crippen molar-refractivity contribution in [3.8, 4) is 28.7 Å². The first-order valence-electron chi connectivity index (χ1n) is 8.43. The van der Waals surface area contributed by atoms with Gasteiger partial charge < -0.3 is 32.8 Å². The Labute approximate surface area is 159 Å². The summed E-state index contributed by atoms with van der Waals surface area (Å²) < 4.78 is 37.8. The van der Waals surface area contributed by atoms with Crippen LogP contribution in [-0.2, 0) is 9.53 Å². The van der Waals surface area contributed by atoms with E-state index in [0.29, 0.717) is 34.3 Å². The van der Waals surface area contributed by atoms with Crippen molar-refractivity contribution in [2.75, 3.05) is 28.1 Å². The van der Waals surface area contributed by atoms with Crippen molar-refractivity contribution in [3.63, 3.8) is 0 Å². The number of carbonyl (C=O) groups excluding carboxylic acids is 1. The van der Waals surface area contributed by atoms with Crippen molar-refractivity contribution in [1.29, 1.82) is 0 Å². The Bertz CT molecular complexity index is 1010. The molecule has 9 nitrogen and oxygen atoms in total. The number of methoxy groups -OCH3 is 3. The van der Waals surface area contributed by atoms with Crippen LogP contribution in [-0.4, -0.2) is 40.2 Å². The molecule has 0 amide bonds. The number of rotatable bonds is 4. The lowest BCUT2D eigenvalue weighted by Crippen LogP contribution is -2.32. The van der Waals surface area contributed by atoms with Crippen LogP contribution in [0.25, 0.3) is 0 Å². The monoisotopic (exact) mass is 390 g/mol. The standard InChI is InChI=1S/C19H18O9/c1-8-5-10-13(18(20)27-8)12(16(28-10)19(21)24-4)9-6-11(22-2)15-17(14(9)23-3)26-7-25-15/h5-6,12,16H,7H2,1-4H3/t12-,16-/m0/s1. The summed E-state index contributed by atoms with van der Waals surface area (Å²) in [5.74, 6) is 0.518. The lowest BCUT2D eigenvalue weighted by atomic mass is 9.87. The van der Waals surface area contributed by atoms with Gasteiger partial charge >= 0.3 is 11.6 Å². The molecule has 0 N–H and O–H groups in total. The minimum absolute atomic E-state index is 0.00890. The summed E-state index contributed by atoms with van der Waals surface area (Å²) >= 11 is 0. The molecule has 148 valence electrons. The summed E-state index contributed by atoms with van der Waals surface area (Å²) in [6, 6.07) is 3.19. The summed E-state index contributed by atoms with van der Waals surface area (Å²) in [6.45, 7) is 1.61. The maximum Gasteiger partial charge on any atom is 0.348 e. The quantitative estimate of drug-likeness (QED) is 0.723. The zero-order valence-electron chi connectivity index (χ0n) is 15.7. The number of benzene rings is 1. The molecule has 0 saturated heterocycles. The van der Waals surface area contributed by atoms with Gasteiger partial charge in [-0.1, -0.05) is 0 Å². The predicted octanol–water partition coefficient (Wildman–Crippen LogP) is 1.76. The van der Waals surface area contributed by atoms with Gasteiger partial charge in [0, 0.05) is 11.6 Å². The minimum Gasteiger partial charge on any atom is -0.493 e. The van der Waals surface area contributed by atoms with Crippen LogP contribution in [0.3, 0.4) is 0 Å². The van der Waals surface area contributed by atoms with Crippen molar-refractivity contribution in [2.45, 2.75) is 18.9 Å². The van der Waals surface area contributed by atoms with Crippen LogP contribution >= 0.6 is 0 Å². The third-order valence-electron chi connectivity index (χ3n) is 4.73. The SMILES string of the molecule is COC(=O)[C@H]1Oc2cc(C)oc(=O)c2[C@@H]1c1cc(OC)c2c(c1OC)OCO2. The van der Waals surface area contributed by atoms with Gasteiger partial charge in [0.15, 0.2) is 11.5 Å². The summed E-state index contributed by atoms with van der Waals surface area (Å²) in [7, 11) is 4.17.